The molecule has 0 atom stereocenters. The quantitative estimate of drug-likeness (QED) is 0.880. The molecule has 0 saturated heterocycles. The van der Waals surface area contributed by atoms with Gasteiger partial charge in [-0.2, -0.15) is 5.26 Å². The number of halogens is 2. The molecular formula is C14H10ClFN2O2S. The fourth-order valence-electron chi connectivity index (χ4n) is 1.89. The fraction of sp³-hybridized carbons (Fsp3) is 0.0714. The van der Waals surface area contributed by atoms with Crippen LogP contribution in [0.5, 0.6) is 0 Å². The molecule has 0 saturated carbocycles. The van der Waals surface area contributed by atoms with Gasteiger partial charge in [0.25, 0.3) is 0 Å². The molecule has 0 aliphatic heterocycles. The fourth-order valence-corrected chi connectivity index (χ4v) is 3.99. The zero-order valence-electron chi connectivity index (χ0n) is 10.7. The van der Waals surface area contributed by atoms with Gasteiger partial charge < -0.3 is 5.73 Å². The topological polar surface area (TPSA) is 84.0 Å². The summed E-state index contributed by atoms with van der Waals surface area (Å²) in [5.41, 5.74) is 5.72. The summed E-state index contributed by atoms with van der Waals surface area (Å²) in [7, 11) is -3.93. The average Bonchev–Trinajstić information content (AvgIpc) is 2.40. The molecular weight excluding hydrogens is 315 g/mol. The monoisotopic (exact) mass is 324 g/mol. The zero-order valence-corrected chi connectivity index (χ0v) is 12.2. The van der Waals surface area contributed by atoms with Crippen molar-refractivity contribution in [3.05, 3.63) is 58.4 Å². The van der Waals surface area contributed by atoms with Crippen LogP contribution in [0.15, 0.2) is 41.3 Å². The molecule has 2 aromatic carbocycles. The second-order valence-corrected chi connectivity index (χ2v) is 6.67. The van der Waals surface area contributed by atoms with Gasteiger partial charge in [-0.3, -0.25) is 0 Å². The van der Waals surface area contributed by atoms with E-state index in [-0.39, 0.29) is 26.7 Å². The van der Waals surface area contributed by atoms with E-state index in [0.717, 1.165) is 6.07 Å². The molecule has 0 aliphatic carbocycles. The number of nitrogens with two attached hydrogens (primary N) is 1. The molecule has 0 fully saturated rings. The summed E-state index contributed by atoms with van der Waals surface area (Å²) in [5, 5.41) is 8.77. The summed E-state index contributed by atoms with van der Waals surface area (Å²) in [6.07, 6.45) is 0. The molecule has 4 nitrogen and oxygen atoms in total. The third-order valence-electron chi connectivity index (χ3n) is 2.83. The molecule has 7 heteroatoms. The molecule has 0 spiro atoms. The van der Waals surface area contributed by atoms with Crippen molar-refractivity contribution < 1.29 is 12.8 Å². The van der Waals surface area contributed by atoms with Crippen molar-refractivity contribution >= 4 is 27.1 Å². The second-order valence-electron chi connectivity index (χ2n) is 4.34. The molecule has 108 valence electrons. The SMILES string of the molecule is N#Cc1ccc(F)c(CS(=O)(=O)c2c(N)cccc2Cl)c1. The van der Waals surface area contributed by atoms with E-state index < -0.39 is 21.4 Å². The Bertz CT molecular complexity index is 824. The summed E-state index contributed by atoms with van der Waals surface area (Å²) in [4.78, 5) is -0.228. The molecule has 2 aromatic rings. The van der Waals surface area contributed by atoms with Crippen molar-refractivity contribution in [2.75, 3.05) is 5.73 Å². The van der Waals surface area contributed by atoms with Crippen molar-refractivity contribution in [2.24, 2.45) is 0 Å². The van der Waals surface area contributed by atoms with Gasteiger partial charge in [-0.1, -0.05) is 17.7 Å². The van der Waals surface area contributed by atoms with Gasteiger partial charge in [-0.25, -0.2) is 12.8 Å². The number of sulfone groups is 1. The van der Waals surface area contributed by atoms with Crippen molar-refractivity contribution in [3.8, 4) is 6.07 Å². The maximum atomic E-state index is 13.7. The van der Waals surface area contributed by atoms with Crippen LogP contribution in [-0.2, 0) is 15.6 Å². The van der Waals surface area contributed by atoms with Crippen molar-refractivity contribution in [1.82, 2.24) is 0 Å². The van der Waals surface area contributed by atoms with Gasteiger partial charge in [0.15, 0.2) is 9.84 Å². The van der Waals surface area contributed by atoms with E-state index in [1.54, 1.807) is 0 Å². The van der Waals surface area contributed by atoms with Gasteiger partial charge in [0.1, 0.15) is 10.7 Å². The standard InChI is InChI=1S/C14H10ClFN2O2S/c15-11-2-1-3-13(18)14(11)21(19,20)8-10-6-9(7-17)4-5-12(10)16/h1-6H,8,18H2. The Morgan fingerprint density at radius 2 is 2.00 bits per heavy atom. The maximum absolute atomic E-state index is 13.7. The number of benzene rings is 2. The first kappa shape index (κ1) is 15.3. The van der Waals surface area contributed by atoms with E-state index in [4.69, 9.17) is 22.6 Å². The summed E-state index contributed by atoms with van der Waals surface area (Å²) < 4.78 is 38.5. The lowest BCUT2D eigenvalue weighted by molar-refractivity contribution is 0.587. The van der Waals surface area contributed by atoms with E-state index in [2.05, 4.69) is 0 Å². The van der Waals surface area contributed by atoms with Crippen LogP contribution in [0, 0.1) is 17.1 Å². The Morgan fingerprint density at radius 1 is 1.29 bits per heavy atom. The lowest BCUT2D eigenvalue weighted by Gasteiger charge is -2.10. The van der Waals surface area contributed by atoms with E-state index in [1.807, 2.05) is 6.07 Å². The Labute approximate surface area is 126 Å². The van der Waals surface area contributed by atoms with Crippen molar-refractivity contribution in [3.63, 3.8) is 0 Å². The van der Waals surface area contributed by atoms with Crippen molar-refractivity contribution in [2.45, 2.75) is 10.6 Å². The van der Waals surface area contributed by atoms with Crippen LogP contribution in [0.2, 0.25) is 5.02 Å². The Kier molecular flexibility index (Phi) is 4.16. The number of nitrogen functional groups attached to an aromatic ring is 1. The number of anilines is 1. The Hall–Kier alpha value is -2.10. The van der Waals surface area contributed by atoms with Gasteiger partial charge in [-0.15, -0.1) is 0 Å². The second kappa shape index (κ2) is 5.72. The molecule has 2 N–H and O–H groups in total. The van der Waals surface area contributed by atoms with Crippen LogP contribution in [0.3, 0.4) is 0 Å². The lowest BCUT2D eigenvalue weighted by Crippen LogP contribution is -2.10. The average molecular weight is 325 g/mol. The number of rotatable bonds is 3. The minimum Gasteiger partial charge on any atom is -0.398 e. The zero-order chi connectivity index (χ0) is 15.6. The molecule has 0 bridgehead atoms. The van der Waals surface area contributed by atoms with Gasteiger partial charge in [0, 0.05) is 5.56 Å². The number of nitriles is 1. The minimum absolute atomic E-state index is 0.000606. The number of nitrogens with zero attached hydrogens (tertiary/aromatic N) is 1. The lowest BCUT2D eigenvalue weighted by atomic mass is 10.1. The summed E-state index contributed by atoms with van der Waals surface area (Å²) in [5.74, 6) is -1.33. The third kappa shape index (κ3) is 3.15. The van der Waals surface area contributed by atoms with Crippen LogP contribution in [0.25, 0.3) is 0 Å². The molecule has 0 aliphatic rings. The van der Waals surface area contributed by atoms with Crippen LogP contribution in [-0.4, -0.2) is 8.42 Å². The smallest absolute Gasteiger partial charge is 0.186 e. The van der Waals surface area contributed by atoms with Crippen LogP contribution >= 0.6 is 11.6 Å². The highest BCUT2D eigenvalue weighted by molar-refractivity contribution is 7.91. The first-order valence-electron chi connectivity index (χ1n) is 5.80. The first-order chi connectivity index (χ1) is 9.85. The number of hydrogen-bond donors (Lipinski definition) is 1. The summed E-state index contributed by atoms with van der Waals surface area (Å²) in [6, 6.07) is 9.67. The minimum atomic E-state index is -3.93. The van der Waals surface area contributed by atoms with E-state index >= 15 is 0 Å². The normalized spacial score (nSPS) is 11.1. The molecule has 0 amide bonds. The predicted octanol–water partition coefficient (Wildman–Crippen LogP) is 2.91. The summed E-state index contributed by atoms with van der Waals surface area (Å²) in [6.45, 7) is 0. The van der Waals surface area contributed by atoms with Gasteiger partial charge >= 0.3 is 0 Å². The van der Waals surface area contributed by atoms with E-state index in [9.17, 15) is 12.8 Å². The molecule has 0 radical (unpaired) electrons. The molecule has 0 unspecified atom stereocenters. The van der Waals surface area contributed by atoms with Gasteiger partial charge in [-0.05, 0) is 30.3 Å². The highest BCUT2D eigenvalue weighted by Gasteiger charge is 2.23. The Balaban J connectivity index is 2.50. The van der Waals surface area contributed by atoms with Gasteiger partial charge in [0.2, 0.25) is 0 Å². The third-order valence-corrected chi connectivity index (χ3v) is 5.02. The van der Waals surface area contributed by atoms with Crippen LogP contribution < -0.4 is 5.73 Å². The predicted molar refractivity (Wildman–Crippen MR) is 77.9 cm³/mol. The largest absolute Gasteiger partial charge is 0.398 e. The van der Waals surface area contributed by atoms with Crippen molar-refractivity contribution in [1.29, 1.82) is 5.26 Å². The van der Waals surface area contributed by atoms with Gasteiger partial charge in [0.05, 0.1) is 28.1 Å². The first-order valence-corrected chi connectivity index (χ1v) is 7.83. The van der Waals surface area contributed by atoms with Crippen LogP contribution in [0.1, 0.15) is 11.1 Å². The number of hydrogen-bond acceptors (Lipinski definition) is 4. The molecule has 0 heterocycles. The highest BCUT2D eigenvalue weighted by atomic mass is 35.5. The van der Waals surface area contributed by atoms with E-state index in [0.29, 0.717) is 0 Å². The van der Waals surface area contributed by atoms with E-state index in [1.165, 1.54) is 30.3 Å². The van der Waals surface area contributed by atoms with Crippen LogP contribution in [0.4, 0.5) is 10.1 Å². The summed E-state index contributed by atoms with van der Waals surface area (Å²) >= 11 is 5.87. The highest BCUT2D eigenvalue weighted by Crippen LogP contribution is 2.30. The molecule has 0 aromatic heterocycles. The Morgan fingerprint density at radius 3 is 2.62 bits per heavy atom. The maximum Gasteiger partial charge on any atom is 0.186 e. The molecule has 21 heavy (non-hydrogen) atoms. The molecule has 2 rings (SSSR count).